The number of carbonyl (C=O) groups excluding carboxylic acids is 16. The van der Waals surface area contributed by atoms with Crippen LogP contribution in [-0.2, 0) is 120 Å². The van der Waals surface area contributed by atoms with Crippen LogP contribution in [0.2, 0.25) is 0 Å². The van der Waals surface area contributed by atoms with Crippen molar-refractivity contribution in [1.29, 1.82) is 0 Å². The zero-order valence-electron chi connectivity index (χ0n) is 78.3. The zero-order valence-corrected chi connectivity index (χ0v) is 79.1. The van der Waals surface area contributed by atoms with Crippen LogP contribution in [-0.4, -0.2) is 294 Å². The number of phenolic OH excluding ortho intramolecular Hbond substituents is 2. The van der Waals surface area contributed by atoms with E-state index in [0.717, 1.165) is 43.3 Å². The van der Waals surface area contributed by atoms with Gasteiger partial charge in [0.25, 0.3) is 0 Å². The van der Waals surface area contributed by atoms with Gasteiger partial charge in [0.1, 0.15) is 90.0 Å². The summed E-state index contributed by atoms with van der Waals surface area (Å²) in [6, 6.07) is 22.0. The number of carboxylic acids is 1. The SMILES string of the molecule is C.C.CCCC[C@H]1C(=O)N2C[C@H](O)C[C@@H]2C(=O)N[C@@H](CC(N)=O)C(=O)N[C@@H](C(C)C)C(=O)N(C)[C@@H](Cc2ccccc2)C(=O)N[C@@H](Cc2ccc(O)cc2)C(=O)N(C)[C@H](CCC(=O)O)C(=O)N[C@@H](Cc2c[nH]c3ccccc23)C(=O)N[C@@H](Cc2ccc(O)cc2)C(=O)N[C@@H](CCCCN)C(=O)N[C@H](C(=O)NCC(N)=O)CSCC(=O)N[C@@H](Cc2ccccc2)C(=O)N(C)[C@@H](Cc2ccccc2)C(=O)N1C. The minimum atomic E-state index is -1.90. The summed E-state index contributed by atoms with van der Waals surface area (Å²) in [5.74, 6) is -19.4. The van der Waals surface area contributed by atoms with Crippen LogP contribution in [0.1, 0.15) is 133 Å². The van der Waals surface area contributed by atoms with E-state index in [1.807, 2.05) is 6.92 Å². The predicted molar refractivity (Wildman–Crippen MR) is 525 cm³/mol. The number of nitrogens with one attached hydrogen (secondary N) is 10. The molecule has 0 unspecified atom stereocenters. The molecule has 2 fully saturated rings. The number of rotatable bonds is 28. The monoisotopic (exact) mass is 1950 g/mol. The molecule has 756 valence electrons. The standard InChI is InChI=1S/C98H126N18O21S.2CH4/c1-8-9-32-77-97(136)116-54-66(119)50-79(116)93(132)108-72(51-81(100)120)90(129)111-85(57(2)3)98(137)114(6)78(47-59-25-15-11-16-26-59)92(131)109-74(46-62-35-39-65(118)40-36-62)95(134)112(4)76(41-42-84(123)124)91(130)107-71(49-63-52-102-68-30-20-19-29-67(63)68)89(128)106-70(44-61-33-37-64(117)38-34-61)88(127)105-69(31-21-22-43-99)87(126)110-75(86(125)103-53-82(101)121)55-138-56-83(122)104-73(45-58-23-13-10-14-24-58)94(133)115(7)80(96(135)113(77)5)48-60-27-17-12-18-28-60;;/h10-20,23-30,33-40,52,57,66,69-80,85,102,117-119H,8-9,21-22,31-32,41-51,53-56,99H2,1-7H3,(H2,100,120)(H2,101,121)(H,103,125)(H,104,122)(H,105,127)(H,106,128)(H,107,130)(H,108,132)(H,109,131)(H,110,126)(H,111,129)(H,123,124);2*1H4/t66-,69+,70+,71+,72+,73+,74+,75+,76-,77+,78+,79-,80+,85+;;/m1../s1. The number of phenols is 2. The van der Waals surface area contributed by atoms with E-state index in [2.05, 4.69) is 52.8 Å². The number of para-hydroxylation sites is 1. The number of aromatic hydroxyl groups is 2. The number of primary amides is 2. The Labute approximate surface area is 818 Å². The summed E-state index contributed by atoms with van der Waals surface area (Å²) in [5, 5.41) is 67.3. The van der Waals surface area contributed by atoms with Crippen molar-refractivity contribution in [3.8, 4) is 11.5 Å². The molecule has 0 bridgehead atoms. The van der Waals surface area contributed by atoms with Crippen molar-refractivity contribution in [2.24, 2.45) is 23.1 Å². The van der Waals surface area contributed by atoms with Gasteiger partial charge in [0.05, 0.1) is 24.8 Å². The van der Waals surface area contributed by atoms with Gasteiger partial charge in [-0.1, -0.05) is 182 Å². The number of thioether (sulfide) groups is 1. The lowest BCUT2D eigenvalue weighted by atomic mass is 9.98. The van der Waals surface area contributed by atoms with Crippen LogP contribution in [0.4, 0.5) is 0 Å². The van der Waals surface area contributed by atoms with E-state index in [0.29, 0.717) is 57.1 Å². The molecule has 0 radical (unpaired) electrons. The van der Waals surface area contributed by atoms with Gasteiger partial charge in [-0.25, -0.2) is 0 Å². The smallest absolute Gasteiger partial charge is 0.303 e. The molecular formula is C100H134N18O21S. The maximum atomic E-state index is 15.8. The van der Waals surface area contributed by atoms with Crippen molar-refractivity contribution in [2.75, 3.05) is 59.3 Å². The second-order valence-corrected chi connectivity index (χ2v) is 36.1. The minimum absolute atomic E-state index is 0. The first-order chi connectivity index (χ1) is 65.8. The third-order valence-electron chi connectivity index (χ3n) is 24.4. The number of hydrogen-bond acceptors (Lipinski definition) is 22. The van der Waals surface area contributed by atoms with Crippen LogP contribution in [0.3, 0.4) is 0 Å². The van der Waals surface area contributed by atoms with E-state index < -0.39 is 248 Å². The Hall–Kier alpha value is -14.3. The van der Waals surface area contributed by atoms with E-state index in [-0.39, 0.29) is 90.7 Å². The van der Waals surface area contributed by atoms with Crippen molar-refractivity contribution in [3.05, 3.63) is 203 Å². The number of likely N-dealkylation sites (N-methyl/N-ethyl adjacent to an activating group) is 4. The molecule has 2 saturated heterocycles. The lowest BCUT2D eigenvalue weighted by Crippen LogP contribution is -2.62. The molecule has 40 heteroatoms. The van der Waals surface area contributed by atoms with Crippen LogP contribution in [0.5, 0.6) is 11.5 Å². The van der Waals surface area contributed by atoms with Gasteiger partial charge < -0.3 is 115 Å². The van der Waals surface area contributed by atoms with E-state index in [9.17, 15) is 44.4 Å². The second-order valence-electron chi connectivity index (χ2n) is 35.1. The normalized spacial score (nSPS) is 22.9. The Morgan fingerprint density at radius 2 is 0.929 bits per heavy atom. The fourth-order valence-corrected chi connectivity index (χ4v) is 17.5. The Bertz CT molecular complexity index is 5410. The molecule has 39 nitrogen and oxygen atoms in total. The molecule has 0 saturated carbocycles. The fourth-order valence-electron chi connectivity index (χ4n) is 16.6. The summed E-state index contributed by atoms with van der Waals surface area (Å²) >= 11 is 0.794. The third kappa shape index (κ3) is 32.7. The van der Waals surface area contributed by atoms with Crippen molar-refractivity contribution < 1.29 is 102 Å². The predicted octanol–water partition coefficient (Wildman–Crippen LogP) is 1.82. The van der Waals surface area contributed by atoms with Gasteiger partial charge in [0.2, 0.25) is 94.5 Å². The van der Waals surface area contributed by atoms with E-state index in [4.69, 9.17) is 17.2 Å². The Kier molecular flexibility index (Phi) is 44.1. The molecule has 14 atom stereocenters. The summed E-state index contributed by atoms with van der Waals surface area (Å²) in [7, 11) is 5.10. The van der Waals surface area contributed by atoms with Gasteiger partial charge in [-0.05, 0) is 108 Å². The van der Waals surface area contributed by atoms with Crippen LogP contribution < -0.4 is 65.1 Å². The highest BCUT2D eigenvalue weighted by molar-refractivity contribution is 8.00. The minimum Gasteiger partial charge on any atom is -0.508 e. The summed E-state index contributed by atoms with van der Waals surface area (Å²) in [6.07, 6.45) is -3.35. The largest absolute Gasteiger partial charge is 0.508 e. The number of aromatic nitrogens is 1. The Morgan fingerprint density at radius 3 is 1.48 bits per heavy atom. The molecule has 16 amide bonds. The first-order valence-corrected chi connectivity index (χ1v) is 47.0. The number of amides is 16. The van der Waals surface area contributed by atoms with Crippen LogP contribution in [0.15, 0.2) is 170 Å². The van der Waals surface area contributed by atoms with Gasteiger partial charge in [-0.3, -0.25) is 81.5 Å². The number of unbranched alkanes of at least 4 members (excludes halogenated alkanes) is 2. The Morgan fingerprint density at radius 1 is 0.464 bits per heavy atom. The van der Waals surface area contributed by atoms with Crippen LogP contribution >= 0.6 is 11.8 Å². The third-order valence-corrected chi connectivity index (χ3v) is 25.4. The summed E-state index contributed by atoms with van der Waals surface area (Å²) in [4.78, 5) is 261. The average Bonchev–Trinajstić information content (AvgIpc) is 1.20. The quantitative estimate of drug-likeness (QED) is 0.0311. The molecule has 9 rings (SSSR count). The number of carbonyl (C=O) groups is 17. The maximum Gasteiger partial charge on any atom is 0.303 e. The molecule has 2 aliphatic heterocycles. The van der Waals surface area contributed by atoms with E-state index in [1.54, 1.807) is 135 Å². The number of benzene rings is 6. The average molecular weight is 1960 g/mol. The number of nitrogens with two attached hydrogens (primary N) is 3. The van der Waals surface area contributed by atoms with Gasteiger partial charge in [0, 0.05) is 109 Å². The number of aromatic amines is 1. The molecule has 20 N–H and O–H groups in total. The van der Waals surface area contributed by atoms with Crippen molar-refractivity contribution in [1.82, 2.24) is 77.3 Å². The van der Waals surface area contributed by atoms with Gasteiger partial charge in [0.15, 0.2) is 0 Å². The molecule has 140 heavy (non-hydrogen) atoms. The number of hydrogen-bond donors (Lipinski definition) is 17. The lowest BCUT2D eigenvalue weighted by molar-refractivity contribution is -0.152. The first-order valence-electron chi connectivity index (χ1n) is 45.9. The van der Waals surface area contributed by atoms with Crippen LogP contribution in [0, 0.1) is 5.92 Å². The summed E-state index contributed by atoms with van der Waals surface area (Å²) in [5.41, 5.74) is 20.5. The van der Waals surface area contributed by atoms with E-state index >= 15 is 57.5 Å². The topological polar surface area (TPSA) is 589 Å². The number of nitrogens with zero attached hydrogens (tertiary/aromatic N) is 5. The number of aliphatic hydroxyl groups excluding tert-OH is 1. The lowest BCUT2D eigenvalue weighted by Gasteiger charge is -2.38. The highest BCUT2D eigenvalue weighted by Gasteiger charge is 2.47. The van der Waals surface area contributed by atoms with Crippen LogP contribution in [0.25, 0.3) is 10.9 Å². The molecule has 6 aromatic carbocycles. The number of aliphatic hydroxyl groups is 1. The fraction of sp³-hybridized carbons (Fsp3) is 0.450. The molecule has 7 aromatic rings. The van der Waals surface area contributed by atoms with Crippen molar-refractivity contribution in [3.63, 3.8) is 0 Å². The molecule has 3 heterocycles. The Balaban J connectivity index is 0.0000133. The first kappa shape index (κ1) is 113. The van der Waals surface area contributed by atoms with Gasteiger partial charge >= 0.3 is 5.97 Å². The molecule has 0 spiro atoms. The van der Waals surface area contributed by atoms with Gasteiger partial charge in [-0.2, -0.15) is 0 Å². The molecule has 1 aromatic heterocycles. The molecule has 2 aliphatic rings. The summed E-state index contributed by atoms with van der Waals surface area (Å²) in [6.45, 7) is 3.83. The highest BCUT2D eigenvalue weighted by atomic mass is 32.2. The highest BCUT2D eigenvalue weighted by Crippen LogP contribution is 2.28. The number of fused-ring (bicyclic) bond motifs is 2. The van der Waals surface area contributed by atoms with E-state index in [1.165, 1.54) is 69.7 Å². The zero-order chi connectivity index (χ0) is 101. The molecule has 0 aliphatic carbocycles. The summed E-state index contributed by atoms with van der Waals surface area (Å²) < 4.78 is 0. The maximum absolute atomic E-state index is 15.8. The van der Waals surface area contributed by atoms with Crippen molar-refractivity contribution >= 4 is 123 Å². The second kappa shape index (κ2) is 54.8. The van der Waals surface area contributed by atoms with Gasteiger partial charge in [-0.15, -0.1) is 11.8 Å². The number of H-pyrrole nitrogens is 1. The number of carboxylic acid groups (broad SMARTS) is 1. The molecular weight excluding hydrogens is 1820 g/mol. The number of aliphatic carboxylic acids is 1. The van der Waals surface area contributed by atoms with Crippen molar-refractivity contribution in [2.45, 2.75) is 223 Å².